The molecule has 0 unspecified atom stereocenters. The summed E-state index contributed by atoms with van der Waals surface area (Å²) in [6.45, 7) is 5.28. The van der Waals surface area contributed by atoms with Crippen molar-refractivity contribution >= 4 is 34.7 Å². The maximum absolute atomic E-state index is 4.70. The van der Waals surface area contributed by atoms with Gasteiger partial charge >= 0.3 is 0 Å². The Kier molecular flexibility index (Phi) is 4.39. The van der Waals surface area contributed by atoms with Gasteiger partial charge in [-0.25, -0.2) is 15.0 Å². The fourth-order valence-corrected chi connectivity index (χ4v) is 4.90. The van der Waals surface area contributed by atoms with Gasteiger partial charge in [0.15, 0.2) is 0 Å². The SMILES string of the molecule is Cc1nc([C@@H]2CCCN2c2cc(N3CCSCC3)ncn2)cs1. The Labute approximate surface area is 145 Å². The van der Waals surface area contributed by atoms with Crippen molar-refractivity contribution in [2.45, 2.75) is 25.8 Å². The van der Waals surface area contributed by atoms with Gasteiger partial charge in [-0.05, 0) is 19.8 Å². The molecule has 2 aromatic rings. The first kappa shape index (κ1) is 15.2. The van der Waals surface area contributed by atoms with Gasteiger partial charge < -0.3 is 9.80 Å². The lowest BCUT2D eigenvalue weighted by molar-refractivity contribution is 0.689. The highest BCUT2D eigenvalue weighted by molar-refractivity contribution is 7.99. The van der Waals surface area contributed by atoms with E-state index in [1.54, 1.807) is 17.7 Å². The van der Waals surface area contributed by atoms with E-state index in [2.05, 4.69) is 38.1 Å². The zero-order chi connectivity index (χ0) is 15.6. The van der Waals surface area contributed by atoms with E-state index in [9.17, 15) is 0 Å². The number of aryl methyl sites for hydroxylation is 1. The molecule has 0 saturated carbocycles. The third-order valence-electron chi connectivity index (χ3n) is 4.50. The molecule has 0 bridgehead atoms. The number of thioether (sulfide) groups is 1. The molecule has 2 aliphatic rings. The predicted molar refractivity (Wildman–Crippen MR) is 97.7 cm³/mol. The van der Waals surface area contributed by atoms with Gasteiger partial charge in [-0.2, -0.15) is 11.8 Å². The molecule has 122 valence electrons. The first-order valence-electron chi connectivity index (χ1n) is 8.15. The van der Waals surface area contributed by atoms with Crippen LogP contribution in [0.3, 0.4) is 0 Å². The van der Waals surface area contributed by atoms with Crippen LogP contribution in [-0.2, 0) is 0 Å². The minimum Gasteiger partial charge on any atom is -0.355 e. The van der Waals surface area contributed by atoms with E-state index in [4.69, 9.17) is 4.98 Å². The quantitative estimate of drug-likeness (QED) is 0.850. The van der Waals surface area contributed by atoms with Gasteiger partial charge in [-0.3, -0.25) is 0 Å². The maximum Gasteiger partial charge on any atom is 0.134 e. The fourth-order valence-electron chi connectivity index (χ4n) is 3.34. The molecular formula is C16H21N5S2. The van der Waals surface area contributed by atoms with E-state index in [0.717, 1.165) is 42.7 Å². The summed E-state index contributed by atoms with van der Waals surface area (Å²) < 4.78 is 0. The summed E-state index contributed by atoms with van der Waals surface area (Å²) in [5.74, 6) is 4.48. The predicted octanol–water partition coefficient (Wildman–Crippen LogP) is 3.14. The van der Waals surface area contributed by atoms with E-state index < -0.39 is 0 Å². The van der Waals surface area contributed by atoms with Gasteiger partial charge in [-0.15, -0.1) is 11.3 Å². The third kappa shape index (κ3) is 3.17. The Balaban J connectivity index is 1.59. The topological polar surface area (TPSA) is 45.2 Å². The Morgan fingerprint density at radius 1 is 1.13 bits per heavy atom. The second-order valence-electron chi connectivity index (χ2n) is 5.98. The van der Waals surface area contributed by atoms with E-state index >= 15 is 0 Å². The highest BCUT2D eigenvalue weighted by Crippen LogP contribution is 2.36. The van der Waals surface area contributed by atoms with Crippen molar-refractivity contribution in [1.29, 1.82) is 0 Å². The molecule has 0 amide bonds. The van der Waals surface area contributed by atoms with Crippen LogP contribution in [0.2, 0.25) is 0 Å². The average molecular weight is 348 g/mol. The van der Waals surface area contributed by atoms with Crippen LogP contribution in [0.5, 0.6) is 0 Å². The maximum atomic E-state index is 4.70. The first-order valence-corrected chi connectivity index (χ1v) is 10.2. The van der Waals surface area contributed by atoms with Crippen molar-refractivity contribution < 1.29 is 0 Å². The first-order chi connectivity index (χ1) is 11.3. The molecule has 1 atom stereocenters. The standard InChI is InChI=1S/C16H21N5S2/c1-12-19-13(10-23-12)14-3-2-4-21(14)16-9-15(17-11-18-16)20-5-7-22-8-6-20/h9-11,14H,2-8H2,1H3/t14-/m0/s1. The molecule has 2 saturated heterocycles. The molecular weight excluding hydrogens is 326 g/mol. The lowest BCUT2D eigenvalue weighted by Gasteiger charge is -2.29. The van der Waals surface area contributed by atoms with Crippen molar-refractivity contribution in [3.8, 4) is 0 Å². The molecule has 2 fully saturated rings. The Morgan fingerprint density at radius 2 is 1.96 bits per heavy atom. The number of thiazole rings is 1. The van der Waals surface area contributed by atoms with Crippen LogP contribution >= 0.6 is 23.1 Å². The fraction of sp³-hybridized carbons (Fsp3) is 0.562. The van der Waals surface area contributed by atoms with Gasteiger partial charge in [-0.1, -0.05) is 0 Å². The van der Waals surface area contributed by atoms with Gasteiger partial charge in [0, 0.05) is 42.6 Å². The molecule has 0 spiro atoms. The number of hydrogen-bond donors (Lipinski definition) is 0. The molecule has 2 aromatic heterocycles. The number of rotatable bonds is 3. The van der Waals surface area contributed by atoms with Gasteiger partial charge in [0.1, 0.15) is 18.0 Å². The van der Waals surface area contributed by atoms with E-state index in [-0.39, 0.29) is 0 Å². The molecule has 0 radical (unpaired) electrons. The molecule has 7 heteroatoms. The largest absolute Gasteiger partial charge is 0.355 e. The van der Waals surface area contributed by atoms with Crippen LogP contribution < -0.4 is 9.80 Å². The number of aromatic nitrogens is 3. The van der Waals surface area contributed by atoms with Crippen LogP contribution in [0, 0.1) is 6.92 Å². The molecule has 4 rings (SSSR count). The summed E-state index contributed by atoms with van der Waals surface area (Å²) in [5.41, 5.74) is 1.19. The summed E-state index contributed by atoms with van der Waals surface area (Å²) in [5, 5.41) is 3.34. The second kappa shape index (κ2) is 6.65. The van der Waals surface area contributed by atoms with Crippen molar-refractivity contribution in [1.82, 2.24) is 15.0 Å². The molecule has 0 aliphatic carbocycles. The van der Waals surface area contributed by atoms with Crippen LogP contribution in [-0.4, -0.2) is 46.1 Å². The summed E-state index contributed by atoms with van der Waals surface area (Å²) in [6.07, 6.45) is 4.07. The lowest BCUT2D eigenvalue weighted by atomic mass is 10.1. The monoisotopic (exact) mass is 347 g/mol. The Morgan fingerprint density at radius 3 is 2.74 bits per heavy atom. The lowest BCUT2D eigenvalue weighted by Crippen LogP contribution is -2.33. The smallest absolute Gasteiger partial charge is 0.134 e. The van der Waals surface area contributed by atoms with Crippen molar-refractivity contribution in [3.63, 3.8) is 0 Å². The van der Waals surface area contributed by atoms with Gasteiger partial charge in [0.05, 0.1) is 16.7 Å². The summed E-state index contributed by atoms with van der Waals surface area (Å²) in [7, 11) is 0. The number of anilines is 2. The molecule has 5 nitrogen and oxygen atoms in total. The van der Waals surface area contributed by atoms with Crippen LogP contribution in [0.15, 0.2) is 17.8 Å². The minimum absolute atomic E-state index is 0.361. The normalized spacial score (nSPS) is 21.9. The molecule has 0 aromatic carbocycles. The second-order valence-corrected chi connectivity index (χ2v) is 8.26. The van der Waals surface area contributed by atoms with E-state index in [1.807, 2.05) is 11.8 Å². The van der Waals surface area contributed by atoms with Crippen molar-refractivity contribution in [3.05, 3.63) is 28.5 Å². The summed E-state index contributed by atoms with van der Waals surface area (Å²) in [6, 6.07) is 2.52. The van der Waals surface area contributed by atoms with E-state index in [1.165, 1.54) is 23.6 Å². The molecule has 23 heavy (non-hydrogen) atoms. The van der Waals surface area contributed by atoms with Gasteiger partial charge in [0.25, 0.3) is 0 Å². The number of nitrogens with zero attached hydrogens (tertiary/aromatic N) is 5. The molecule has 0 N–H and O–H groups in total. The van der Waals surface area contributed by atoms with E-state index in [0.29, 0.717) is 6.04 Å². The van der Waals surface area contributed by atoms with Crippen LogP contribution in [0.4, 0.5) is 11.6 Å². The highest BCUT2D eigenvalue weighted by atomic mass is 32.2. The minimum atomic E-state index is 0.361. The summed E-state index contributed by atoms with van der Waals surface area (Å²) in [4.78, 5) is 18.5. The zero-order valence-corrected chi connectivity index (χ0v) is 14.9. The average Bonchev–Trinajstić information content (AvgIpc) is 3.24. The molecule has 4 heterocycles. The van der Waals surface area contributed by atoms with Crippen molar-refractivity contribution in [2.75, 3.05) is 40.9 Å². The summed E-state index contributed by atoms with van der Waals surface area (Å²) >= 11 is 3.75. The van der Waals surface area contributed by atoms with Gasteiger partial charge in [0.2, 0.25) is 0 Å². The third-order valence-corrected chi connectivity index (χ3v) is 6.23. The van der Waals surface area contributed by atoms with Crippen LogP contribution in [0.1, 0.15) is 29.6 Å². The Hall–Kier alpha value is -1.34. The zero-order valence-electron chi connectivity index (χ0n) is 13.3. The number of hydrogen-bond acceptors (Lipinski definition) is 7. The van der Waals surface area contributed by atoms with Crippen molar-refractivity contribution in [2.24, 2.45) is 0 Å². The Bertz CT molecular complexity index is 668. The highest BCUT2D eigenvalue weighted by Gasteiger charge is 2.29. The van der Waals surface area contributed by atoms with Crippen LogP contribution in [0.25, 0.3) is 0 Å². The molecule has 2 aliphatic heterocycles.